The van der Waals surface area contributed by atoms with E-state index in [1.54, 1.807) is 24.3 Å². The molecule has 0 saturated carbocycles. The second kappa shape index (κ2) is 7.91. The van der Waals surface area contributed by atoms with Gasteiger partial charge in [0.15, 0.2) is 5.71 Å². The number of hydrogen-bond donors (Lipinski definition) is 3. The Hall–Kier alpha value is -2.92. The van der Waals surface area contributed by atoms with Gasteiger partial charge in [0.1, 0.15) is 0 Å². The molecule has 0 spiro atoms. The van der Waals surface area contributed by atoms with Crippen LogP contribution in [0.4, 0.5) is 11.4 Å². The number of carbonyl (C=O) groups excluding carboxylic acids is 2. The highest BCUT2D eigenvalue weighted by atomic mass is 35.5. The van der Waals surface area contributed by atoms with E-state index in [2.05, 4.69) is 10.6 Å². The van der Waals surface area contributed by atoms with Gasteiger partial charge >= 0.3 is 0 Å². The van der Waals surface area contributed by atoms with Crippen molar-refractivity contribution in [3.05, 3.63) is 71.9 Å². The number of benzene rings is 2. The third-order valence-corrected chi connectivity index (χ3v) is 3.09. The molecule has 5 nitrogen and oxygen atoms in total. The summed E-state index contributed by atoms with van der Waals surface area (Å²) in [6.07, 6.45) is 2.53. The maximum absolute atomic E-state index is 11.8. The lowest BCUT2D eigenvalue weighted by Crippen LogP contribution is -2.28. The predicted molar refractivity (Wildman–Crippen MR) is 92.0 cm³/mol. The van der Waals surface area contributed by atoms with Gasteiger partial charge in [-0.3, -0.25) is 15.0 Å². The van der Waals surface area contributed by atoms with E-state index in [1.165, 1.54) is 6.20 Å². The number of ketones is 1. The zero-order valence-corrected chi connectivity index (χ0v) is 12.8. The first-order valence-electron chi connectivity index (χ1n) is 6.74. The van der Waals surface area contributed by atoms with E-state index in [0.717, 1.165) is 11.8 Å². The van der Waals surface area contributed by atoms with E-state index < -0.39 is 17.4 Å². The Morgan fingerprint density at radius 3 is 2.26 bits per heavy atom. The van der Waals surface area contributed by atoms with Crippen molar-refractivity contribution in [2.24, 2.45) is 0 Å². The summed E-state index contributed by atoms with van der Waals surface area (Å²) >= 11 is 5.74. The van der Waals surface area contributed by atoms with Gasteiger partial charge in [-0.15, -0.1) is 0 Å². The summed E-state index contributed by atoms with van der Waals surface area (Å²) < 4.78 is 0. The summed E-state index contributed by atoms with van der Waals surface area (Å²) in [5.74, 6) is -1.47. The highest BCUT2D eigenvalue weighted by Gasteiger charge is 2.15. The normalized spacial score (nSPS) is 10.3. The number of hydrogen-bond acceptors (Lipinski definition) is 4. The van der Waals surface area contributed by atoms with Crippen LogP contribution in [0.5, 0.6) is 0 Å². The van der Waals surface area contributed by atoms with Gasteiger partial charge in [0.2, 0.25) is 5.78 Å². The average molecular weight is 328 g/mol. The number of carbonyl (C=O) groups is 2. The lowest BCUT2D eigenvalue weighted by molar-refractivity contribution is -0.113. The topological polar surface area (TPSA) is 82.1 Å². The molecule has 0 aliphatic carbocycles. The molecule has 2 aromatic carbocycles. The molecule has 23 heavy (non-hydrogen) atoms. The summed E-state index contributed by atoms with van der Waals surface area (Å²) in [6, 6.07) is 15.6. The van der Waals surface area contributed by atoms with E-state index in [1.807, 2.05) is 30.3 Å². The molecule has 0 heterocycles. The maximum atomic E-state index is 11.8. The molecule has 1 amide bonds. The highest BCUT2D eigenvalue weighted by Crippen LogP contribution is 2.13. The molecule has 3 N–H and O–H groups in total. The van der Waals surface area contributed by atoms with Gasteiger partial charge in [-0.1, -0.05) is 29.8 Å². The molecule has 2 rings (SSSR count). The third-order valence-electron chi connectivity index (χ3n) is 2.83. The Labute approximate surface area is 138 Å². The molecule has 116 valence electrons. The lowest BCUT2D eigenvalue weighted by Gasteiger charge is -2.04. The number of anilines is 2. The molecule has 0 atom stereocenters. The fourth-order valence-corrected chi connectivity index (χ4v) is 1.80. The van der Waals surface area contributed by atoms with Crippen LogP contribution in [-0.4, -0.2) is 17.4 Å². The molecule has 0 aromatic heterocycles. The zero-order chi connectivity index (χ0) is 16.7. The lowest BCUT2D eigenvalue weighted by atomic mass is 10.2. The quantitative estimate of drug-likeness (QED) is 0.431. The zero-order valence-electron chi connectivity index (χ0n) is 12.0. The Morgan fingerprint density at radius 1 is 0.957 bits per heavy atom. The van der Waals surface area contributed by atoms with Crippen molar-refractivity contribution in [3.63, 3.8) is 0 Å². The number of amides is 1. The molecule has 0 aliphatic heterocycles. The molecule has 0 bridgehead atoms. The molecular weight excluding hydrogens is 314 g/mol. The van der Waals surface area contributed by atoms with E-state index >= 15 is 0 Å². The van der Waals surface area contributed by atoms with E-state index in [9.17, 15) is 9.59 Å². The number of nitrogens with one attached hydrogen (secondary N) is 3. The van der Waals surface area contributed by atoms with Crippen molar-refractivity contribution in [2.75, 3.05) is 10.6 Å². The largest absolute Gasteiger partial charge is 0.362 e. The molecule has 0 fully saturated rings. The first-order valence-corrected chi connectivity index (χ1v) is 7.12. The van der Waals surface area contributed by atoms with Crippen LogP contribution in [0.15, 0.2) is 66.9 Å². The van der Waals surface area contributed by atoms with Crippen LogP contribution >= 0.6 is 11.6 Å². The van der Waals surface area contributed by atoms with Gasteiger partial charge < -0.3 is 10.6 Å². The minimum absolute atomic E-state index is 0.461. The Morgan fingerprint density at radius 2 is 1.61 bits per heavy atom. The fraction of sp³-hybridized carbons (Fsp3) is 0. The molecule has 6 heteroatoms. The monoisotopic (exact) mass is 327 g/mol. The van der Waals surface area contributed by atoms with Crippen LogP contribution in [0.25, 0.3) is 0 Å². The fourth-order valence-electron chi connectivity index (χ4n) is 1.67. The van der Waals surface area contributed by atoms with Crippen LogP contribution in [0.3, 0.4) is 0 Å². The molecule has 0 saturated heterocycles. The molecule has 0 unspecified atom stereocenters. The number of allylic oxidation sites excluding steroid dienone is 1. The number of para-hydroxylation sites is 1. The summed E-state index contributed by atoms with van der Waals surface area (Å²) in [5, 5.41) is 13.5. The summed E-state index contributed by atoms with van der Waals surface area (Å²) in [4.78, 5) is 23.6. The van der Waals surface area contributed by atoms with Gasteiger partial charge in [-0.25, -0.2) is 0 Å². The Bertz CT molecular complexity index is 740. The maximum Gasteiger partial charge on any atom is 0.277 e. The van der Waals surface area contributed by atoms with E-state index in [4.69, 9.17) is 17.0 Å². The average Bonchev–Trinajstić information content (AvgIpc) is 2.57. The second-order valence-electron chi connectivity index (χ2n) is 4.54. The van der Waals surface area contributed by atoms with Crippen LogP contribution in [0, 0.1) is 5.41 Å². The first kappa shape index (κ1) is 16.5. The molecule has 0 radical (unpaired) electrons. The van der Waals surface area contributed by atoms with Gasteiger partial charge in [-0.05, 0) is 36.4 Å². The molecule has 0 aliphatic rings. The van der Waals surface area contributed by atoms with Gasteiger partial charge in [0, 0.05) is 28.7 Å². The molecular formula is C17H14ClN3O2. The van der Waals surface area contributed by atoms with Gasteiger partial charge in [0.05, 0.1) is 0 Å². The Balaban J connectivity index is 1.89. The van der Waals surface area contributed by atoms with Crippen LogP contribution < -0.4 is 10.6 Å². The van der Waals surface area contributed by atoms with Crippen molar-refractivity contribution < 1.29 is 9.59 Å². The standard InChI is InChI=1S/C17H14ClN3O2/c18-12-6-8-14(9-7-12)21-17(23)16(19)15(22)10-11-20-13-4-2-1-3-5-13/h1-11,19-20H,(H,21,23)/b11-10-,19-16?. The van der Waals surface area contributed by atoms with Crippen LogP contribution in [-0.2, 0) is 9.59 Å². The minimum Gasteiger partial charge on any atom is -0.362 e. The Kier molecular flexibility index (Phi) is 5.66. The molecule has 2 aromatic rings. The minimum atomic E-state index is -0.776. The summed E-state index contributed by atoms with van der Waals surface area (Å²) in [5.41, 5.74) is 0.614. The number of rotatable bonds is 6. The van der Waals surface area contributed by atoms with Crippen molar-refractivity contribution in [1.82, 2.24) is 0 Å². The third kappa shape index (κ3) is 5.09. The van der Waals surface area contributed by atoms with Crippen molar-refractivity contribution in [1.29, 1.82) is 5.41 Å². The SMILES string of the molecule is N=C(C(=O)/C=C\Nc1ccccc1)C(=O)Nc1ccc(Cl)cc1. The first-order chi connectivity index (χ1) is 11.1. The van der Waals surface area contributed by atoms with E-state index in [0.29, 0.717) is 10.7 Å². The summed E-state index contributed by atoms with van der Waals surface area (Å²) in [6.45, 7) is 0. The van der Waals surface area contributed by atoms with Gasteiger partial charge in [-0.2, -0.15) is 0 Å². The summed E-state index contributed by atoms with van der Waals surface area (Å²) in [7, 11) is 0. The van der Waals surface area contributed by atoms with E-state index in [-0.39, 0.29) is 0 Å². The predicted octanol–water partition coefficient (Wildman–Crippen LogP) is 3.49. The highest BCUT2D eigenvalue weighted by molar-refractivity contribution is 6.68. The van der Waals surface area contributed by atoms with Gasteiger partial charge in [0.25, 0.3) is 5.91 Å². The second-order valence-corrected chi connectivity index (χ2v) is 4.98. The van der Waals surface area contributed by atoms with Crippen molar-refractivity contribution in [2.45, 2.75) is 0 Å². The van der Waals surface area contributed by atoms with Crippen LogP contribution in [0.2, 0.25) is 5.02 Å². The number of halogens is 1. The van der Waals surface area contributed by atoms with Crippen molar-refractivity contribution in [3.8, 4) is 0 Å². The van der Waals surface area contributed by atoms with Crippen LogP contribution in [0.1, 0.15) is 0 Å². The van der Waals surface area contributed by atoms with Crippen molar-refractivity contribution >= 4 is 40.4 Å². The smallest absolute Gasteiger partial charge is 0.277 e.